The second-order valence-electron chi connectivity index (χ2n) is 4.82. The molecule has 0 spiro atoms. The van der Waals surface area contributed by atoms with Gasteiger partial charge in [0.05, 0.1) is 12.5 Å². The molecule has 0 atom stereocenters. The molecule has 0 unspecified atom stereocenters. The van der Waals surface area contributed by atoms with Gasteiger partial charge in [-0.1, -0.05) is 13.3 Å². The van der Waals surface area contributed by atoms with Crippen LogP contribution in [0.15, 0.2) is 12.4 Å². The molecule has 0 aliphatic heterocycles. The minimum atomic E-state index is -0.133. The van der Waals surface area contributed by atoms with Crippen LogP contribution in [0.2, 0.25) is 0 Å². The number of fused-ring (bicyclic) bond motifs is 1. The molecule has 0 saturated heterocycles. The minimum absolute atomic E-state index is 0.133. The van der Waals surface area contributed by atoms with E-state index < -0.39 is 0 Å². The van der Waals surface area contributed by atoms with Crippen LogP contribution in [-0.2, 0) is 16.0 Å². The van der Waals surface area contributed by atoms with E-state index in [1.54, 1.807) is 17.7 Å². The molecule has 21 heavy (non-hydrogen) atoms. The number of carbonyl (C=O) groups excluding carboxylic acids is 1. The zero-order chi connectivity index (χ0) is 15.1. The van der Waals surface area contributed by atoms with Crippen molar-refractivity contribution in [3.8, 4) is 0 Å². The van der Waals surface area contributed by atoms with Crippen molar-refractivity contribution in [2.75, 3.05) is 19.0 Å². The lowest BCUT2D eigenvalue weighted by atomic mass is 10.2. The smallest absolute Gasteiger partial charge is 0.305 e. The Hall–Kier alpha value is -1.69. The number of anilines is 1. The number of ether oxygens (including phenoxy) is 1. The van der Waals surface area contributed by atoms with Crippen LogP contribution in [0.5, 0.6) is 0 Å². The number of methoxy groups -OCH3 is 1. The Balaban J connectivity index is 1.81. The fraction of sp³-hybridized carbons (Fsp3) is 0.533. The molecule has 2 heterocycles. The topological polar surface area (TPSA) is 64.1 Å². The Bertz CT molecular complexity index is 598. The second-order valence-corrected chi connectivity index (χ2v) is 5.94. The van der Waals surface area contributed by atoms with E-state index in [1.807, 2.05) is 0 Å². The van der Waals surface area contributed by atoms with Crippen molar-refractivity contribution in [3.63, 3.8) is 0 Å². The summed E-state index contributed by atoms with van der Waals surface area (Å²) in [6, 6.07) is 2.17. The predicted molar refractivity (Wildman–Crippen MR) is 85.8 cm³/mol. The first kappa shape index (κ1) is 15.7. The number of nitrogens with one attached hydrogen (secondary N) is 1. The average molecular weight is 307 g/mol. The molecule has 0 aromatic carbocycles. The summed E-state index contributed by atoms with van der Waals surface area (Å²) in [5.74, 6) is 0.773. The number of hydrogen-bond acceptors (Lipinski definition) is 6. The highest BCUT2D eigenvalue weighted by Gasteiger charge is 2.07. The number of nitrogens with zero attached hydrogens (tertiary/aromatic N) is 2. The van der Waals surface area contributed by atoms with E-state index in [2.05, 4.69) is 33.0 Å². The molecule has 6 heteroatoms. The van der Waals surface area contributed by atoms with Gasteiger partial charge in [0, 0.05) is 17.8 Å². The Kier molecular flexibility index (Phi) is 5.92. The van der Waals surface area contributed by atoms with Crippen LogP contribution in [-0.4, -0.2) is 29.6 Å². The van der Waals surface area contributed by atoms with E-state index in [0.717, 1.165) is 48.3 Å². The van der Waals surface area contributed by atoms with E-state index in [-0.39, 0.29) is 5.97 Å². The largest absolute Gasteiger partial charge is 0.469 e. The second kappa shape index (κ2) is 7.93. The molecular formula is C15H21N3O2S. The third-order valence-corrected chi connectivity index (χ3v) is 4.49. The molecule has 5 nitrogen and oxygen atoms in total. The molecule has 2 aromatic rings. The molecule has 0 aliphatic rings. The fourth-order valence-electron chi connectivity index (χ4n) is 2.10. The molecule has 0 saturated carbocycles. The number of aryl methyl sites for hydroxylation is 1. The molecule has 0 amide bonds. The van der Waals surface area contributed by atoms with E-state index in [1.165, 1.54) is 12.0 Å². The highest BCUT2D eigenvalue weighted by Crippen LogP contribution is 2.28. The highest BCUT2D eigenvalue weighted by atomic mass is 32.1. The van der Waals surface area contributed by atoms with Crippen LogP contribution in [0.3, 0.4) is 0 Å². The van der Waals surface area contributed by atoms with Gasteiger partial charge in [-0.3, -0.25) is 4.79 Å². The van der Waals surface area contributed by atoms with Crippen molar-refractivity contribution in [1.29, 1.82) is 0 Å². The molecule has 1 N–H and O–H groups in total. The lowest BCUT2D eigenvalue weighted by Crippen LogP contribution is -2.04. The first-order chi connectivity index (χ1) is 10.2. The molecule has 0 fully saturated rings. The van der Waals surface area contributed by atoms with Crippen LogP contribution in [0.25, 0.3) is 10.2 Å². The normalized spacial score (nSPS) is 10.8. The number of unbranched alkanes of at least 4 members (excludes halogenated alkanes) is 2. The van der Waals surface area contributed by atoms with Gasteiger partial charge in [-0.05, 0) is 25.3 Å². The highest BCUT2D eigenvalue weighted by molar-refractivity contribution is 7.18. The Labute approximate surface area is 128 Å². The first-order valence-corrected chi connectivity index (χ1v) is 8.10. The van der Waals surface area contributed by atoms with Gasteiger partial charge in [0.25, 0.3) is 0 Å². The van der Waals surface area contributed by atoms with Crippen molar-refractivity contribution in [3.05, 3.63) is 17.3 Å². The maximum absolute atomic E-state index is 11.0. The molecule has 114 valence electrons. The van der Waals surface area contributed by atoms with E-state index in [0.29, 0.717) is 6.42 Å². The van der Waals surface area contributed by atoms with Gasteiger partial charge in [0.15, 0.2) is 0 Å². The molecule has 2 rings (SSSR count). The first-order valence-electron chi connectivity index (χ1n) is 7.28. The zero-order valence-corrected chi connectivity index (χ0v) is 13.3. The zero-order valence-electron chi connectivity index (χ0n) is 12.5. The van der Waals surface area contributed by atoms with Crippen molar-refractivity contribution in [2.24, 2.45) is 0 Å². The number of aromatic nitrogens is 2. The van der Waals surface area contributed by atoms with Crippen LogP contribution in [0.1, 0.15) is 37.5 Å². The van der Waals surface area contributed by atoms with Crippen molar-refractivity contribution < 1.29 is 9.53 Å². The number of esters is 1. The summed E-state index contributed by atoms with van der Waals surface area (Å²) in [7, 11) is 1.43. The maximum Gasteiger partial charge on any atom is 0.305 e. The SMILES string of the molecule is CCc1cc2c(NCCCCCC(=O)OC)ncnc2s1. The van der Waals surface area contributed by atoms with Crippen LogP contribution in [0, 0.1) is 0 Å². The molecule has 2 aromatic heterocycles. The summed E-state index contributed by atoms with van der Waals surface area (Å²) in [5, 5.41) is 4.47. The molecule has 0 aliphatic carbocycles. The lowest BCUT2D eigenvalue weighted by molar-refractivity contribution is -0.140. The quantitative estimate of drug-likeness (QED) is 0.598. The van der Waals surface area contributed by atoms with Gasteiger partial charge in [0.2, 0.25) is 0 Å². The molecular weight excluding hydrogens is 286 g/mol. The number of thiophene rings is 1. The van der Waals surface area contributed by atoms with E-state index in [9.17, 15) is 4.79 Å². The third kappa shape index (κ3) is 4.39. The van der Waals surface area contributed by atoms with Crippen LogP contribution in [0.4, 0.5) is 5.82 Å². The standard InChI is InChI=1S/C15H21N3O2S/c1-3-11-9-12-14(17-10-18-15(12)21-11)16-8-6-4-5-7-13(19)20-2/h9-10H,3-8H2,1-2H3,(H,16,17,18). The van der Waals surface area contributed by atoms with Crippen LogP contribution >= 0.6 is 11.3 Å². The van der Waals surface area contributed by atoms with Gasteiger partial charge in [-0.2, -0.15) is 0 Å². The summed E-state index contributed by atoms with van der Waals surface area (Å²) in [5.41, 5.74) is 0. The Morgan fingerprint density at radius 2 is 2.19 bits per heavy atom. The van der Waals surface area contributed by atoms with Crippen molar-refractivity contribution in [1.82, 2.24) is 9.97 Å². The van der Waals surface area contributed by atoms with Crippen molar-refractivity contribution >= 4 is 33.3 Å². The monoisotopic (exact) mass is 307 g/mol. The van der Waals surface area contributed by atoms with Gasteiger partial charge in [-0.15, -0.1) is 11.3 Å². The fourth-order valence-corrected chi connectivity index (χ4v) is 3.04. The van der Waals surface area contributed by atoms with E-state index in [4.69, 9.17) is 0 Å². The maximum atomic E-state index is 11.0. The number of hydrogen-bond donors (Lipinski definition) is 1. The molecule has 0 radical (unpaired) electrons. The average Bonchev–Trinajstić information content (AvgIpc) is 2.94. The summed E-state index contributed by atoms with van der Waals surface area (Å²) in [6.45, 7) is 3.00. The lowest BCUT2D eigenvalue weighted by Gasteiger charge is -2.06. The Morgan fingerprint density at radius 3 is 2.95 bits per heavy atom. The summed E-state index contributed by atoms with van der Waals surface area (Å²) < 4.78 is 4.62. The number of rotatable bonds is 8. The number of carbonyl (C=O) groups is 1. The van der Waals surface area contributed by atoms with Crippen molar-refractivity contribution in [2.45, 2.75) is 39.0 Å². The van der Waals surface area contributed by atoms with Crippen LogP contribution < -0.4 is 5.32 Å². The third-order valence-electron chi connectivity index (χ3n) is 3.31. The summed E-state index contributed by atoms with van der Waals surface area (Å²) >= 11 is 1.72. The van der Waals surface area contributed by atoms with Gasteiger partial charge in [-0.25, -0.2) is 9.97 Å². The van der Waals surface area contributed by atoms with Gasteiger partial charge in [0.1, 0.15) is 17.0 Å². The van der Waals surface area contributed by atoms with Gasteiger partial charge >= 0.3 is 5.97 Å². The molecule has 0 bridgehead atoms. The predicted octanol–water partition coefficient (Wildman–Crippen LogP) is 3.40. The van der Waals surface area contributed by atoms with Gasteiger partial charge < -0.3 is 10.1 Å². The summed E-state index contributed by atoms with van der Waals surface area (Å²) in [6.07, 6.45) is 6.00. The van der Waals surface area contributed by atoms with E-state index >= 15 is 0 Å². The summed E-state index contributed by atoms with van der Waals surface area (Å²) in [4.78, 5) is 22.0. The Morgan fingerprint density at radius 1 is 1.33 bits per heavy atom. The minimum Gasteiger partial charge on any atom is -0.469 e.